The van der Waals surface area contributed by atoms with Crippen molar-refractivity contribution in [3.63, 3.8) is 0 Å². The van der Waals surface area contributed by atoms with Crippen LogP contribution >= 0.6 is 43.8 Å². The number of alkyl halides is 9. The normalized spacial score (nSPS) is 14.5. The maximum atomic E-state index is 13.5. The average molecular weight is 1120 g/mol. The fourth-order valence-electron chi connectivity index (χ4n) is 5.82. The van der Waals surface area contributed by atoms with Crippen molar-refractivity contribution in [2.45, 2.75) is 62.7 Å². The molecule has 0 radical (unpaired) electrons. The van der Waals surface area contributed by atoms with Gasteiger partial charge in [-0.3, -0.25) is 4.72 Å². The number of cyclic esters (lactones) is 2. The Morgan fingerprint density at radius 1 is 0.761 bits per heavy atom. The zero-order chi connectivity index (χ0) is 49.1. The lowest BCUT2D eigenvalue weighted by Crippen LogP contribution is -2.15. The minimum Gasteiger partial charge on any atom is -0.506 e. The Bertz CT molecular complexity index is 2870. The summed E-state index contributed by atoms with van der Waals surface area (Å²) in [6, 6.07) is 6.96. The molecule has 2 aliphatic rings. The first-order valence-electron chi connectivity index (χ1n) is 18.4. The molecule has 0 saturated heterocycles. The predicted molar refractivity (Wildman–Crippen MR) is 226 cm³/mol. The molecule has 1 atom stereocenters. The third kappa shape index (κ3) is 11.4. The molecule has 8 bridgehead atoms. The SMILES string of the molecule is CC.O=C1OCc2nn(C(F)F)cc2-c2cnc(C(F)(F)F)c(c2)NS(=O)c2cc1cc(Br)c2O.O=C1OCc2nn(C(F)F)cc2-c2cnc(OC(F)F)c(c2)NSc2cc1cc(Br)c2O. The van der Waals surface area contributed by atoms with Gasteiger partial charge in [0.25, 0.3) is 0 Å². The Hall–Kier alpha value is -6.07. The van der Waals surface area contributed by atoms with Gasteiger partial charge in [0.15, 0.2) is 16.7 Å². The summed E-state index contributed by atoms with van der Waals surface area (Å²) < 4.78 is 152. The first kappa shape index (κ1) is 50.3. The van der Waals surface area contributed by atoms with Crippen LogP contribution in [-0.2, 0) is 39.8 Å². The molecule has 0 aliphatic carbocycles. The fraction of sp³-hybridized carbons (Fsp3) is 0.211. The van der Waals surface area contributed by atoms with Gasteiger partial charge in [0.2, 0.25) is 5.88 Å². The Morgan fingerprint density at radius 3 is 1.79 bits per heavy atom. The zero-order valence-electron chi connectivity index (χ0n) is 33.4. The summed E-state index contributed by atoms with van der Waals surface area (Å²) in [5.41, 5.74) is -2.33. The van der Waals surface area contributed by atoms with Gasteiger partial charge in [-0.25, -0.2) is 33.1 Å². The number of carbonyl (C=O) groups is 2. The highest BCUT2D eigenvalue weighted by Crippen LogP contribution is 2.42. The average Bonchev–Trinajstić information content (AvgIpc) is 3.92. The number of benzene rings is 2. The number of fused-ring (bicyclic) bond motifs is 12. The Kier molecular flexibility index (Phi) is 15.7. The van der Waals surface area contributed by atoms with Crippen molar-refractivity contribution >= 4 is 78.1 Å². The molecule has 2 aliphatic heterocycles. The minimum absolute atomic E-state index is 0.00102. The summed E-state index contributed by atoms with van der Waals surface area (Å²) >= 11 is 6.89. The maximum Gasteiger partial charge on any atom is 0.435 e. The van der Waals surface area contributed by atoms with E-state index in [1.165, 1.54) is 18.2 Å². The van der Waals surface area contributed by atoms with E-state index in [1.54, 1.807) is 0 Å². The highest BCUT2D eigenvalue weighted by atomic mass is 79.9. The molecule has 67 heavy (non-hydrogen) atoms. The number of esters is 2. The van der Waals surface area contributed by atoms with Crippen LogP contribution in [0.15, 0.2) is 79.9 Å². The highest BCUT2D eigenvalue weighted by molar-refractivity contribution is 9.11. The smallest absolute Gasteiger partial charge is 0.435 e. The van der Waals surface area contributed by atoms with Crippen LogP contribution in [0.25, 0.3) is 22.3 Å². The molecule has 1 unspecified atom stereocenters. The number of nitrogens with zero attached hydrogens (tertiary/aromatic N) is 6. The third-order valence-corrected chi connectivity index (χ3v) is 11.9. The minimum atomic E-state index is -4.96. The standard InChI is InChI=1S/C18H10BrF5N4O4S.C18H11BrF4N4O4S.C2H6/c19-10-1-7-3-13(14(10)29)33(31)27-11-2-8(4-25-15(11)18(22,23)24)9-5-28(17(20)21)26-12(9)6-32-16(7)30;19-10-1-7-3-13(14(10)28)32-26-11-2-8(4-24-15(11)31-18(22)23)9-5-27(17(20)21)25-12(9)6-30-16(7)29;1-2/h1-5,17,27,29H,6H2;1-5,17-18,26,28H,6H2;1-2H3. The van der Waals surface area contributed by atoms with E-state index in [0.29, 0.717) is 4.68 Å². The quantitative estimate of drug-likeness (QED) is 0.0737. The summed E-state index contributed by atoms with van der Waals surface area (Å²) in [7, 11) is -2.50. The Morgan fingerprint density at radius 2 is 1.27 bits per heavy atom. The number of phenolic OH excluding ortho intramolecular Hbond substituents is 2. The number of anilines is 2. The lowest BCUT2D eigenvalue weighted by atomic mass is 10.1. The number of halogens is 11. The summed E-state index contributed by atoms with van der Waals surface area (Å²) in [5, 5.41) is 27.9. The van der Waals surface area contributed by atoms with E-state index in [1.807, 2.05) is 13.8 Å². The van der Waals surface area contributed by atoms with Crippen LogP contribution < -0.4 is 14.2 Å². The molecule has 6 aromatic rings. The van der Waals surface area contributed by atoms with Crippen molar-refractivity contribution in [1.29, 1.82) is 0 Å². The first-order valence-corrected chi connectivity index (χ1v) is 22.0. The molecule has 16 nitrogen and oxygen atoms in total. The molecule has 0 spiro atoms. The topological polar surface area (TPSA) is 205 Å². The number of rotatable bonds is 4. The van der Waals surface area contributed by atoms with Gasteiger partial charge < -0.3 is 29.1 Å². The number of pyridine rings is 2. The van der Waals surface area contributed by atoms with Crippen LogP contribution in [0.1, 0.15) is 64.7 Å². The van der Waals surface area contributed by atoms with E-state index in [9.17, 15) is 63.5 Å². The second-order valence-corrected chi connectivity index (χ2v) is 16.6. The first-order chi connectivity index (χ1) is 31.7. The molecule has 29 heteroatoms. The number of aromatic nitrogens is 6. The van der Waals surface area contributed by atoms with Gasteiger partial charge in [-0.05, 0) is 80.2 Å². The van der Waals surface area contributed by atoms with E-state index >= 15 is 0 Å². The van der Waals surface area contributed by atoms with Crippen molar-refractivity contribution in [3.05, 3.63) is 98.3 Å². The van der Waals surface area contributed by atoms with E-state index in [2.05, 4.69) is 66.2 Å². The van der Waals surface area contributed by atoms with Crippen molar-refractivity contribution in [2.24, 2.45) is 0 Å². The van der Waals surface area contributed by atoms with Crippen LogP contribution in [0, 0.1) is 0 Å². The number of phenols is 2. The second-order valence-electron chi connectivity index (χ2n) is 12.9. The molecular formula is C38H27Br2F9N8O8S2. The predicted octanol–water partition coefficient (Wildman–Crippen LogP) is 10.9. The van der Waals surface area contributed by atoms with Gasteiger partial charge in [-0.1, -0.05) is 13.8 Å². The van der Waals surface area contributed by atoms with Crippen molar-refractivity contribution in [3.8, 4) is 39.6 Å². The third-order valence-electron chi connectivity index (χ3n) is 8.73. The largest absolute Gasteiger partial charge is 0.506 e. The van der Waals surface area contributed by atoms with Crippen molar-refractivity contribution in [1.82, 2.24) is 29.5 Å². The monoisotopic (exact) mass is 1120 g/mol. The molecule has 4 aromatic heterocycles. The molecule has 0 fully saturated rings. The van der Waals surface area contributed by atoms with Gasteiger partial charge >= 0.3 is 37.8 Å². The van der Waals surface area contributed by atoms with Crippen LogP contribution in [0.4, 0.5) is 50.9 Å². The summed E-state index contributed by atoms with van der Waals surface area (Å²) in [4.78, 5) is 32.0. The van der Waals surface area contributed by atoms with Crippen LogP contribution in [0.2, 0.25) is 0 Å². The summed E-state index contributed by atoms with van der Waals surface area (Å²) in [6.45, 7) is -6.26. The fourth-order valence-corrected chi connectivity index (χ4v) is 8.75. The number of nitrogens with one attached hydrogen (secondary N) is 2. The van der Waals surface area contributed by atoms with Crippen LogP contribution in [0.5, 0.6) is 17.4 Å². The molecule has 0 amide bonds. The summed E-state index contributed by atoms with van der Waals surface area (Å²) in [5.74, 6) is -3.04. The van der Waals surface area contributed by atoms with E-state index < -0.39 is 89.9 Å². The van der Waals surface area contributed by atoms with E-state index in [-0.39, 0.29) is 74.7 Å². The van der Waals surface area contributed by atoms with E-state index in [4.69, 9.17) is 9.47 Å². The number of hydrogen-bond donors (Lipinski definition) is 4. The molecular weight excluding hydrogens is 1090 g/mol. The van der Waals surface area contributed by atoms with Gasteiger partial charge in [-0.2, -0.15) is 49.7 Å². The summed E-state index contributed by atoms with van der Waals surface area (Å²) in [6.07, 6.45) is -1.15. The molecule has 4 N–H and O–H groups in total. The van der Waals surface area contributed by atoms with Gasteiger partial charge in [0, 0.05) is 47.0 Å². The lowest BCUT2D eigenvalue weighted by Gasteiger charge is -2.15. The van der Waals surface area contributed by atoms with Crippen LogP contribution in [-0.4, -0.2) is 62.5 Å². The number of ether oxygens (including phenoxy) is 3. The molecule has 356 valence electrons. The maximum absolute atomic E-state index is 13.5. The molecule has 2 aromatic carbocycles. The zero-order valence-corrected chi connectivity index (χ0v) is 38.2. The highest BCUT2D eigenvalue weighted by Gasteiger charge is 2.37. The number of hydrogen-bond acceptors (Lipinski definition) is 14. The Labute approximate surface area is 393 Å². The molecule has 0 saturated carbocycles. The van der Waals surface area contributed by atoms with Crippen molar-refractivity contribution in [2.75, 3.05) is 9.44 Å². The molecule has 8 rings (SSSR count). The molecule has 6 heterocycles. The van der Waals surface area contributed by atoms with Gasteiger partial charge in [-0.15, -0.1) is 0 Å². The number of carbonyl (C=O) groups excluding carboxylic acids is 2. The van der Waals surface area contributed by atoms with Crippen molar-refractivity contribution < 1.29 is 77.7 Å². The Balaban J connectivity index is 0.000000213. The second kappa shape index (κ2) is 20.8. The van der Waals surface area contributed by atoms with Gasteiger partial charge in [0.05, 0.1) is 30.7 Å². The lowest BCUT2D eigenvalue weighted by molar-refractivity contribution is -0.140. The van der Waals surface area contributed by atoms with E-state index in [0.717, 1.165) is 54.9 Å². The number of aromatic hydroxyl groups is 2. The van der Waals surface area contributed by atoms with Crippen LogP contribution in [0.3, 0.4) is 0 Å². The van der Waals surface area contributed by atoms with Gasteiger partial charge in [0.1, 0.15) is 46.7 Å².